The van der Waals surface area contributed by atoms with Crippen LogP contribution in [0.1, 0.15) is 19.8 Å². The van der Waals surface area contributed by atoms with Crippen LogP contribution in [0.5, 0.6) is 0 Å². The van der Waals surface area contributed by atoms with Crippen molar-refractivity contribution in [3.05, 3.63) is 18.5 Å². The quantitative estimate of drug-likeness (QED) is 0.869. The van der Waals surface area contributed by atoms with E-state index in [9.17, 15) is 8.42 Å². The molecule has 1 fully saturated rings. The summed E-state index contributed by atoms with van der Waals surface area (Å²) in [6.07, 6.45) is 5.92. The van der Waals surface area contributed by atoms with Gasteiger partial charge in [0.2, 0.25) is 0 Å². The summed E-state index contributed by atoms with van der Waals surface area (Å²) in [7, 11) is -3.01. The Labute approximate surface area is 108 Å². The van der Waals surface area contributed by atoms with Crippen LogP contribution in [0.4, 0.5) is 11.4 Å². The molecule has 18 heavy (non-hydrogen) atoms. The lowest BCUT2D eigenvalue weighted by Crippen LogP contribution is -2.47. The maximum atomic E-state index is 11.8. The highest BCUT2D eigenvalue weighted by molar-refractivity contribution is 7.92. The van der Waals surface area contributed by atoms with E-state index in [1.807, 2.05) is 13.0 Å². The molecule has 0 aliphatic carbocycles. The second-order valence-electron chi connectivity index (χ2n) is 5.14. The molecule has 1 aliphatic rings. The van der Waals surface area contributed by atoms with Gasteiger partial charge in [0.15, 0.2) is 9.84 Å². The van der Waals surface area contributed by atoms with Gasteiger partial charge in [-0.25, -0.2) is 8.42 Å². The number of sulfone groups is 1. The van der Waals surface area contributed by atoms with Crippen LogP contribution < -0.4 is 10.6 Å². The van der Waals surface area contributed by atoms with Gasteiger partial charge in [-0.1, -0.05) is 0 Å². The van der Waals surface area contributed by atoms with Gasteiger partial charge in [-0.05, 0) is 25.8 Å². The maximum Gasteiger partial charge on any atom is 0.153 e. The highest BCUT2D eigenvalue weighted by atomic mass is 32.2. The first-order valence-electron chi connectivity index (χ1n) is 5.97. The van der Waals surface area contributed by atoms with Crippen LogP contribution in [0, 0.1) is 0 Å². The molecular formula is C12H19N3O2S. The van der Waals surface area contributed by atoms with Gasteiger partial charge in [0.05, 0.1) is 22.3 Å². The van der Waals surface area contributed by atoms with Crippen LogP contribution in [0.25, 0.3) is 0 Å². The van der Waals surface area contributed by atoms with E-state index < -0.39 is 14.6 Å². The molecule has 6 heteroatoms. The molecule has 2 rings (SSSR count). The first-order chi connectivity index (χ1) is 8.33. The number of aromatic nitrogens is 1. The van der Waals surface area contributed by atoms with E-state index in [0.29, 0.717) is 31.6 Å². The summed E-state index contributed by atoms with van der Waals surface area (Å²) in [4.78, 5) is 6.09. The molecule has 0 atom stereocenters. The van der Waals surface area contributed by atoms with Crippen molar-refractivity contribution < 1.29 is 8.42 Å². The zero-order chi connectivity index (χ0) is 13.4. The molecule has 1 aromatic rings. The Morgan fingerprint density at radius 1 is 1.39 bits per heavy atom. The highest BCUT2D eigenvalue weighted by Gasteiger charge is 2.39. The molecule has 2 heterocycles. The van der Waals surface area contributed by atoms with Crippen molar-refractivity contribution in [2.24, 2.45) is 0 Å². The topological polar surface area (TPSA) is 76.3 Å². The van der Waals surface area contributed by atoms with E-state index in [-0.39, 0.29) is 0 Å². The number of anilines is 2. The molecule has 100 valence electrons. The molecule has 1 saturated heterocycles. The van der Waals surface area contributed by atoms with Crippen LogP contribution >= 0.6 is 0 Å². The van der Waals surface area contributed by atoms with Crippen molar-refractivity contribution in [2.45, 2.75) is 24.5 Å². The van der Waals surface area contributed by atoms with E-state index >= 15 is 0 Å². The van der Waals surface area contributed by atoms with Crippen molar-refractivity contribution in [2.75, 3.05) is 30.0 Å². The molecule has 0 unspecified atom stereocenters. The SMILES string of the molecule is CC1(S(C)(=O)=O)CCN(c2ccncc2N)CC1. The van der Waals surface area contributed by atoms with Gasteiger partial charge < -0.3 is 10.6 Å². The van der Waals surface area contributed by atoms with Crippen LogP contribution in [0.15, 0.2) is 18.5 Å². The monoisotopic (exact) mass is 269 g/mol. The molecular weight excluding hydrogens is 250 g/mol. The van der Waals surface area contributed by atoms with E-state index in [0.717, 1.165) is 5.69 Å². The number of piperidine rings is 1. The second-order valence-corrected chi connectivity index (χ2v) is 7.67. The van der Waals surface area contributed by atoms with Crippen molar-refractivity contribution in [1.82, 2.24) is 4.98 Å². The second kappa shape index (κ2) is 4.42. The van der Waals surface area contributed by atoms with Gasteiger partial charge >= 0.3 is 0 Å². The van der Waals surface area contributed by atoms with Crippen LogP contribution in [0.2, 0.25) is 0 Å². The molecule has 1 aliphatic heterocycles. The lowest BCUT2D eigenvalue weighted by Gasteiger charge is -2.39. The normalized spacial score (nSPS) is 19.8. The maximum absolute atomic E-state index is 11.8. The molecule has 0 aromatic carbocycles. The number of nitrogen functional groups attached to an aromatic ring is 1. The Morgan fingerprint density at radius 2 is 2.00 bits per heavy atom. The summed E-state index contributed by atoms with van der Waals surface area (Å²) in [6.45, 7) is 3.24. The van der Waals surface area contributed by atoms with Gasteiger partial charge in [-0.2, -0.15) is 0 Å². The Morgan fingerprint density at radius 3 is 2.50 bits per heavy atom. The summed E-state index contributed by atoms with van der Waals surface area (Å²) in [5.41, 5.74) is 7.47. The molecule has 2 N–H and O–H groups in total. The number of nitrogens with two attached hydrogens (primary N) is 1. The molecule has 0 spiro atoms. The standard InChI is InChI=1S/C12H19N3O2S/c1-12(18(2,16)17)4-7-15(8-5-12)11-3-6-14-9-10(11)13/h3,6,9H,4-5,7-8,13H2,1-2H3. The number of nitrogens with zero attached hydrogens (tertiary/aromatic N) is 2. The lowest BCUT2D eigenvalue weighted by atomic mass is 9.97. The van der Waals surface area contributed by atoms with E-state index in [1.54, 1.807) is 12.4 Å². The van der Waals surface area contributed by atoms with Crippen molar-refractivity contribution in [3.63, 3.8) is 0 Å². The summed E-state index contributed by atoms with van der Waals surface area (Å²) in [5, 5.41) is 0. The smallest absolute Gasteiger partial charge is 0.153 e. The van der Waals surface area contributed by atoms with Crippen LogP contribution in [-0.4, -0.2) is 37.5 Å². The van der Waals surface area contributed by atoms with Crippen molar-refractivity contribution in [3.8, 4) is 0 Å². The van der Waals surface area contributed by atoms with Gasteiger partial charge in [0.1, 0.15) is 0 Å². The van der Waals surface area contributed by atoms with Gasteiger partial charge in [0.25, 0.3) is 0 Å². The predicted molar refractivity (Wildman–Crippen MR) is 73.3 cm³/mol. The lowest BCUT2D eigenvalue weighted by molar-refractivity contribution is 0.442. The average molecular weight is 269 g/mol. The average Bonchev–Trinajstić information content (AvgIpc) is 2.30. The molecule has 0 radical (unpaired) electrons. The fraction of sp³-hybridized carbons (Fsp3) is 0.583. The summed E-state index contributed by atoms with van der Waals surface area (Å²) in [5.74, 6) is 0. The van der Waals surface area contributed by atoms with Gasteiger partial charge in [0, 0.05) is 25.5 Å². The van der Waals surface area contributed by atoms with E-state index in [2.05, 4.69) is 9.88 Å². The number of hydrogen-bond acceptors (Lipinski definition) is 5. The molecule has 0 saturated carbocycles. The third-order valence-corrected chi connectivity index (χ3v) is 6.08. The Balaban J connectivity index is 2.15. The Kier molecular flexibility index (Phi) is 3.23. The first kappa shape index (κ1) is 13.1. The summed E-state index contributed by atoms with van der Waals surface area (Å²) in [6, 6.07) is 1.87. The Hall–Kier alpha value is -1.30. The number of pyridine rings is 1. The van der Waals surface area contributed by atoms with E-state index in [4.69, 9.17) is 5.73 Å². The third kappa shape index (κ3) is 2.29. The summed E-state index contributed by atoms with van der Waals surface area (Å²) >= 11 is 0. The van der Waals surface area contributed by atoms with Crippen LogP contribution in [0.3, 0.4) is 0 Å². The highest BCUT2D eigenvalue weighted by Crippen LogP contribution is 2.33. The largest absolute Gasteiger partial charge is 0.396 e. The van der Waals surface area contributed by atoms with Gasteiger partial charge in [-0.3, -0.25) is 4.98 Å². The Bertz CT molecular complexity index is 534. The number of rotatable bonds is 2. The fourth-order valence-electron chi connectivity index (χ4n) is 2.28. The molecule has 1 aromatic heterocycles. The molecule has 5 nitrogen and oxygen atoms in total. The zero-order valence-corrected chi connectivity index (χ0v) is 11.6. The third-order valence-electron chi connectivity index (χ3n) is 3.88. The fourth-order valence-corrected chi connectivity index (χ4v) is 3.20. The first-order valence-corrected chi connectivity index (χ1v) is 7.87. The predicted octanol–water partition coefficient (Wildman–Crippen LogP) is 1.07. The van der Waals surface area contributed by atoms with Crippen LogP contribution in [-0.2, 0) is 9.84 Å². The van der Waals surface area contributed by atoms with E-state index in [1.165, 1.54) is 6.26 Å². The minimum absolute atomic E-state index is 0.606. The van der Waals surface area contributed by atoms with Gasteiger partial charge in [-0.15, -0.1) is 0 Å². The minimum Gasteiger partial charge on any atom is -0.396 e. The zero-order valence-electron chi connectivity index (χ0n) is 10.8. The summed E-state index contributed by atoms with van der Waals surface area (Å²) < 4.78 is 22.9. The number of hydrogen-bond donors (Lipinski definition) is 1. The molecule has 0 bridgehead atoms. The minimum atomic E-state index is -3.01. The van der Waals surface area contributed by atoms with Crippen molar-refractivity contribution in [1.29, 1.82) is 0 Å². The van der Waals surface area contributed by atoms with Crippen molar-refractivity contribution >= 4 is 21.2 Å². The molecule has 0 amide bonds.